The van der Waals surface area contributed by atoms with E-state index in [4.69, 9.17) is 43.1 Å². The molecule has 101 heavy (non-hydrogen) atoms. The topological polar surface area (TPSA) is 194 Å². The summed E-state index contributed by atoms with van der Waals surface area (Å²) >= 11 is 0. The third-order valence-corrected chi connectivity index (χ3v) is 33.9. The molecule has 5 aliphatic heterocycles. The molecule has 6 aliphatic rings. The molecule has 2 aromatic heterocycles. The number of ether oxygens (including phenoxy) is 5. The highest BCUT2D eigenvalue weighted by molar-refractivity contribution is 6.90. The Labute approximate surface area is 598 Å². The Morgan fingerprint density at radius 1 is 0.792 bits per heavy atom. The van der Waals surface area contributed by atoms with Crippen molar-refractivity contribution in [2.45, 2.75) is 199 Å². The molecule has 5 amide bonds. The Hall–Kier alpha value is -7.02. The second-order valence-corrected chi connectivity index (χ2v) is 43.0. The molecular formula is C77H108F2N10O10Si2. The number of likely N-dealkylation sites (tertiary alicyclic amines) is 1. The third kappa shape index (κ3) is 16.2. The number of hydrogen-bond donors (Lipinski definition) is 1. The highest BCUT2D eigenvalue weighted by Gasteiger charge is 2.47. The number of piperidine rings is 1. The number of pyridine rings is 1. The van der Waals surface area contributed by atoms with E-state index in [0.717, 1.165) is 84.1 Å². The zero-order chi connectivity index (χ0) is 72.7. The molecule has 24 heteroatoms. The maximum absolute atomic E-state index is 18.6. The summed E-state index contributed by atoms with van der Waals surface area (Å²) in [6, 6.07) is 10.8. The minimum Gasteiger partial charge on any atom is -0.495 e. The number of imide groups is 1. The molecule has 6 fully saturated rings. The Bertz CT molecular complexity index is 3900. The molecule has 3 atom stereocenters. The molecule has 11 rings (SSSR count). The number of methoxy groups -OCH3 is 2. The van der Waals surface area contributed by atoms with Gasteiger partial charge in [0.1, 0.15) is 54.6 Å². The van der Waals surface area contributed by atoms with Crippen LogP contribution in [-0.2, 0) is 18.7 Å². The van der Waals surface area contributed by atoms with Crippen LogP contribution in [0.3, 0.4) is 0 Å². The van der Waals surface area contributed by atoms with Crippen molar-refractivity contribution >= 4 is 73.5 Å². The third-order valence-electron chi connectivity index (χ3n) is 23.1. The lowest BCUT2D eigenvalue weighted by atomic mass is 9.65. The van der Waals surface area contributed by atoms with E-state index in [1.165, 1.54) is 25.2 Å². The minimum absolute atomic E-state index is 0.0275. The molecule has 20 nitrogen and oxygen atoms in total. The number of nitrogens with one attached hydrogen (secondary N) is 1. The molecule has 1 saturated carbocycles. The van der Waals surface area contributed by atoms with E-state index in [1.807, 2.05) is 30.6 Å². The number of amides is 5. The summed E-state index contributed by atoms with van der Waals surface area (Å²) < 4.78 is 72.3. The molecule has 7 heterocycles. The number of carbonyl (C=O) groups is 4. The van der Waals surface area contributed by atoms with Crippen LogP contribution in [0, 0.1) is 34.4 Å². The van der Waals surface area contributed by atoms with E-state index < -0.39 is 45.8 Å². The van der Waals surface area contributed by atoms with E-state index in [0.29, 0.717) is 83.4 Å². The van der Waals surface area contributed by atoms with Crippen LogP contribution in [0.25, 0.3) is 32.9 Å². The SMILES string of the molecule is COCOc1cc(-c2ncc3c(N4CC5CCC(C4)N5C(=O)OC(C)(C)C)nc(OC[C@@H](CN4CCN(CC5CCC6(CC5)CCN(C(=O)c5ccc(OC)c(N7CCC(=O)NC7=O)c5)CC6)CC4)O[Si](C)(C)C(C)(C)C)nc3c2F)c2c(C#C[Si](C(C)C)(C(C)C)C(C)C)c(F)ccc2c1. The van der Waals surface area contributed by atoms with Gasteiger partial charge in [-0.1, -0.05) is 74.3 Å². The summed E-state index contributed by atoms with van der Waals surface area (Å²) in [4.78, 5) is 80.0. The first-order valence-corrected chi connectivity index (χ1v) is 41.8. The molecular weight excluding hydrogens is 1320 g/mol. The van der Waals surface area contributed by atoms with Crippen molar-refractivity contribution in [3.8, 4) is 40.2 Å². The average Bonchev–Trinajstić information content (AvgIpc) is 1.52. The Balaban J connectivity index is 0.823. The summed E-state index contributed by atoms with van der Waals surface area (Å²) in [5.74, 6) is 3.58. The average molecular weight is 1430 g/mol. The lowest BCUT2D eigenvalue weighted by molar-refractivity contribution is -0.120. The van der Waals surface area contributed by atoms with Gasteiger partial charge < -0.3 is 42.8 Å². The quantitative estimate of drug-likeness (QED) is 0.0439. The van der Waals surface area contributed by atoms with E-state index >= 15 is 8.78 Å². The van der Waals surface area contributed by atoms with Crippen LogP contribution in [0.1, 0.15) is 157 Å². The number of carbonyl (C=O) groups excluding carboxylic acids is 4. The van der Waals surface area contributed by atoms with Crippen molar-refractivity contribution in [3.63, 3.8) is 0 Å². The first-order valence-electron chi connectivity index (χ1n) is 36.7. The number of piperazine rings is 2. The van der Waals surface area contributed by atoms with E-state index in [2.05, 4.69) is 107 Å². The largest absolute Gasteiger partial charge is 0.495 e. The van der Waals surface area contributed by atoms with Gasteiger partial charge in [0, 0.05) is 108 Å². The van der Waals surface area contributed by atoms with E-state index in [9.17, 15) is 19.2 Å². The number of nitrogens with zero attached hydrogens (tertiary/aromatic N) is 9. The van der Waals surface area contributed by atoms with Crippen molar-refractivity contribution in [1.29, 1.82) is 0 Å². The molecule has 2 bridgehead atoms. The fourth-order valence-electron chi connectivity index (χ4n) is 16.6. The minimum atomic E-state index is -2.42. The predicted octanol–water partition coefficient (Wildman–Crippen LogP) is 14.2. The van der Waals surface area contributed by atoms with Crippen LogP contribution in [0.15, 0.2) is 48.7 Å². The summed E-state index contributed by atoms with van der Waals surface area (Å²) in [5, 5.41) is 3.60. The molecule has 548 valence electrons. The number of rotatable bonds is 20. The maximum Gasteiger partial charge on any atom is 0.410 e. The first-order chi connectivity index (χ1) is 47.8. The van der Waals surface area contributed by atoms with Crippen LogP contribution >= 0.6 is 0 Å². The molecule has 2 unspecified atom stereocenters. The number of anilines is 2. The van der Waals surface area contributed by atoms with Crippen molar-refractivity contribution in [2.75, 3.05) is 109 Å². The molecule has 1 N–H and O–H groups in total. The molecule has 0 radical (unpaired) electrons. The molecule has 1 aliphatic carbocycles. The summed E-state index contributed by atoms with van der Waals surface area (Å²) in [6.45, 7) is 37.7. The van der Waals surface area contributed by atoms with Crippen LogP contribution in [0.4, 0.5) is 29.9 Å². The fourth-order valence-corrected chi connectivity index (χ4v) is 23.1. The first kappa shape index (κ1) is 75.2. The van der Waals surface area contributed by atoms with Gasteiger partial charge in [0.05, 0.1) is 41.9 Å². The van der Waals surface area contributed by atoms with E-state index in [-0.39, 0.29) is 112 Å². The standard InChI is InChI=1S/C77H108F2N10O10Si2/c1-49(2)101(50(3)4,51(5)6)38-26-59-62(78)21-17-53-39-57(97-48-94-13)41-60(66(53)59)68-67(79)69-61(42-80-68)70(87-44-55-19-20-56(45-87)89(55)74(93)98-75(7,8)9)83-72(82-69)96-47-58(99-100(15,16)76(10,11)12)46-85-36-34-84(35-37-85)43-52-23-27-77(28-24-52)29-32-86(33-30-77)71(91)54-18-22-64(95-14)63(40-54)88-31-25-65(90)81-73(88)92/h17-18,21-22,39-42,49-52,55-56,58H,19-20,23-25,27-37,43-48H2,1-16H3,(H,81,90,92)/t55?,56?,58-/m1/s1. The number of fused-ring (bicyclic) bond motifs is 4. The van der Waals surface area contributed by atoms with Crippen molar-refractivity contribution < 1.29 is 56.1 Å². The van der Waals surface area contributed by atoms with E-state index in [1.54, 1.807) is 42.6 Å². The zero-order valence-electron chi connectivity index (χ0n) is 62.6. The van der Waals surface area contributed by atoms with Gasteiger partial charge in [-0.15, -0.1) is 5.54 Å². The van der Waals surface area contributed by atoms with Gasteiger partial charge in [-0.25, -0.2) is 18.4 Å². The van der Waals surface area contributed by atoms with Gasteiger partial charge in [-0.2, -0.15) is 9.97 Å². The maximum atomic E-state index is 18.6. The molecule has 5 saturated heterocycles. The van der Waals surface area contributed by atoms with Gasteiger partial charge >= 0.3 is 18.1 Å². The van der Waals surface area contributed by atoms with Gasteiger partial charge in [0.15, 0.2) is 20.9 Å². The van der Waals surface area contributed by atoms with Gasteiger partial charge in [-0.3, -0.25) is 34.6 Å². The number of hydrogen-bond acceptors (Lipinski definition) is 16. The smallest absolute Gasteiger partial charge is 0.410 e. The van der Waals surface area contributed by atoms with Gasteiger partial charge in [0.2, 0.25) is 5.91 Å². The zero-order valence-corrected chi connectivity index (χ0v) is 64.6. The summed E-state index contributed by atoms with van der Waals surface area (Å²) in [7, 11) is -1.76. The Kier molecular flexibility index (Phi) is 22.6. The number of urea groups is 1. The highest BCUT2D eigenvalue weighted by Crippen LogP contribution is 2.48. The normalized spacial score (nSPS) is 20.1. The second-order valence-electron chi connectivity index (χ2n) is 32.7. The Morgan fingerprint density at radius 3 is 2.07 bits per heavy atom. The summed E-state index contributed by atoms with van der Waals surface area (Å²) in [5.41, 5.74) is 5.41. The van der Waals surface area contributed by atoms with Gasteiger partial charge in [0.25, 0.3) is 5.91 Å². The number of halogens is 2. The van der Waals surface area contributed by atoms with Crippen LogP contribution < -0.4 is 29.3 Å². The lowest BCUT2D eigenvalue weighted by Gasteiger charge is -2.47. The van der Waals surface area contributed by atoms with Crippen LogP contribution in [-0.4, -0.2) is 198 Å². The van der Waals surface area contributed by atoms with Crippen LogP contribution in [0.2, 0.25) is 34.8 Å². The van der Waals surface area contributed by atoms with Gasteiger partial charge in [-0.05, 0) is 160 Å². The Morgan fingerprint density at radius 2 is 1.46 bits per heavy atom. The lowest BCUT2D eigenvalue weighted by Crippen LogP contribution is -2.57. The highest BCUT2D eigenvalue weighted by atomic mass is 28.4. The van der Waals surface area contributed by atoms with Crippen LogP contribution in [0.5, 0.6) is 17.5 Å². The van der Waals surface area contributed by atoms with Crippen molar-refractivity contribution in [3.05, 3.63) is 71.4 Å². The monoisotopic (exact) mass is 1430 g/mol. The van der Waals surface area contributed by atoms with Crippen molar-refractivity contribution in [1.82, 2.24) is 39.9 Å². The second kappa shape index (κ2) is 30.4. The molecule has 1 spiro atoms. The summed E-state index contributed by atoms with van der Waals surface area (Å²) in [6.07, 6.45) is 9.05. The number of aromatic nitrogens is 3. The fraction of sp³-hybridized carbons (Fsp3) is 0.623. The molecule has 5 aromatic rings. The molecule has 3 aromatic carbocycles. The number of benzene rings is 3. The van der Waals surface area contributed by atoms with Crippen molar-refractivity contribution in [2.24, 2.45) is 11.3 Å². The predicted molar refractivity (Wildman–Crippen MR) is 396 cm³/mol.